The third-order valence-electron chi connectivity index (χ3n) is 0.333. The maximum Gasteiger partial charge on any atom is 0.0870 e. The molecule has 0 aromatic heterocycles. The fourth-order valence-electron chi connectivity index (χ4n) is 0. The Morgan fingerprint density at radius 3 is 0.615 bits per heavy atom. The van der Waals surface area contributed by atoms with Gasteiger partial charge < -0.3 is 39.6 Å². The Bertz CT molecular complexity index is 172. The monoisotopic (exact) mass is 384 g/mol. The summed E-state index contributed by atoms with van der Waals surface area (Å²) in [7, 11) is 0. The van der Waals surface area contributed by atoms with E-state index >= 15 is 0 Å². The predicted molar refractivity (Wildman–Crippen MR) is 25.8 cm³/mol. The molecule has 0 saturated carbocycles. The van der Waals surface area contributed by atoms with Crippen molar-refractivity contribution < 1.29 is 39.6 Å². The molecule has 0 aromatic carbocycles. The van der Waals surface area contributed by atoms with Crippen molar-refractivity contribution in [3.05, 3.63) is 0 Å². The summed E-state index contributed by atoms with van der Waals surface area (Å²) in [5, 5.41) is 35.7. The summed E-state index contributed by atoms with van der Waals surface area (Å²) in [4.78, 5) is 35.7. The smallest absolute Gasteiger partial charge is 0.0870 e. The average molecular weight is 383 g/mol. The Balaban J connectivity index is -0.000000143. The first-order valence-electron chi connectivity index (χ1n) is 2.13. The van der Waals surface area contributed by atoms with Gasteiger partial charge in [0.2, 0.25) is 0 Å². The molecule has 0 bridgehead atoms. The average Bonchev–Trinajstić information content (AvgIpc) is 1.88. The van der Waals surface area contributed by atoms with E-state index < -0.39 is 23.9 Å². The first-order valence-corrected chi connectivity index (χ1v) is 2.13. The van der Waals surface area contributed by atoms with Crippen molar-refractivity contribution in [2.45, 2.75) is 0 Å². The summed E-state index contributed by atoms with van der Waals surface area (Å²) in [6.45, 7) is 0. The summed E-state index contributed by atoms with van der Waals surface area (Å²) < 4.78 is 0. The van der Waals surface area contributed by atoms with E-state index in [2.05, 4.69) is 0 Å². The first kappa shape index (κ1) is 17.8. The Kier molecular flexibility index (Phi) is 12.2. The van der Waals surface area contributed by atoms with E-state index in [0.717, 1.165) is 0 Å². The molecule has 4 radical (unpaired) electrons. The van der Waals surface area contributed by atoms with Crippen LogP contribution in [0.4, 0.5) is 0 Å². The van der Waals surface area contributed by atoms with E-state index in [1.807, 2.05) is 0 Å². The summed E-state index contributed by atoms with van der Waals surface area (Å²) in [6.07, 6.45) is 0. The zero-order valence-electron chi connectivity index (χ0n) is 5.77. The van der Waals surface area contributed by atoms with Crippen molar-refractivity contribution in [1.82, 2.24) is 0 Å². The topological polar surface area (TPSA) is 161 Å². The van der Waals surface area contributed by atoms with Crippen LogP contribution in [-0.2, 0) is 19.2 Å². The number of rotatable bonds is 0. The molecule has 0 saturated heterocycles. The molecule has 0 unspecified atom stereocenters. The van der Waals surface area contributed by atoms with Gasteiger partial charge in [0.15, 0.2) is 0 Å². The van der Waals surface area contributed by atoms with E-state index in [1.165, 1.54) is 0 Å². The van der Waals surface area contributed by atoms with Gasteiger partial charge in [0.05, 0.1) is 23.9 Å². The van der Waals surface area contributed by atoms with Gasteiger partial charge in [0, 0.05) is 27.3 Å². The first-order chi connectivity index (χ1) is 5.29. The summed E-state index contributed by atoms with van der Waals surface area (Å²) in [6, 6.07) is 0. The molecule has 72 valence electrons. The number of carbonyl (C=O) groups is 4. The van der Waals surface area contributed by atoms with Crippen LogP contribution in [-0.4, -0.2) is 51.2 Å². The van der Waals surface area contributed by atoms with E-state index in [4.69, 9.17) is 39.6 Å². The predicted octanol–water partition coefficient (Wildman–Crippen LogP) is -7.41. The molecular formula is C4O8Pb-4. The molecule has 0 heterocycles. The maximum atomic E-state index is 8.93. The molecule has 0 spiro atoms. The van der Waals surface area contributed by atoms with Crippen LogP contribution in [0.25, 0.3) is 0 Å². The van der Waals surface area contributed by atoms with Gasteiger partial charge in [0.25, 0.3) is 0 Å². The quantitative estimate of drug-likeness (QED) is 0.294. The number of hydrogen-bond acceptors (Lipinski definition) is 8. The molecule has 0 aliphatic rings. The number of carboxylic acids is 4. The van der Waals surface area contributed by atoms with Crippen LogP contribution in [0, 0.1) is 0 Å². The Morgan fingerprint density at radius 1 is 0.538 bits per heavy atom. The van der Waals surface area contributed by atoms with Gasteiger partial charge >= 0.3 is 0 Å². The van der Waals surface area contributed by atoms with Crippen molar-refractivity contribution in [2.75, 3.05) is 0 Å². The van der Waals surface area contributed by atoms with Crippen LogP contribution in [0.1, 0.15) is 0 Å². The minimum absolute atomic E-state index is 0. The van der Waals surface area contributed by atoms with Gasteiger partial charge in [-0.05, 0) is 0 Å². The van der Waals surface area contributed by atoms with Crippen LogP contribution in [0.3, 0.4) is 0 Å². The molecule has 13 heavy (non-hydrogen) atoms. The SMILES string of the molecule is O=C([O-])C(=O)[O-].O=C([O-])C(=O)[O-].[Pb]. The van der Waals surface area contributed by atoms with Gasteiger partial charge in [-0.2, -0.15) is 0 Å². The van der Waals surface area contributed by atoms with Crippen LogP contribution in [0.15, 0.2) is 0 Å². The van der Waals surface area contributed by atoms with E-state index in [1.54, 1.807) is 0 Å². The van der Waals surface area contributed by atoms with Gasteiger partial charge in [-0.15, -0.1) is 0 Å². The molecule has 9 heteroatoms. The zero-order chi connectivity index (χ0) is 10.3. The van der Waals surface area contributed by atoms with Gasteiger partial charge in [-0.25, -0.2) is 0 Å². The summed E-state index contributed by atoms with van der Waals surface area (Å²) >= 11 is 0. The fourth-order valence-corrected chi connectivity index (χ4v) is 0. The number of aliphatic carboxylic acids is 4. The minimum atomic E-state index is -2.19. The zero-order valence-corrected chi connectivity index (χ0v) is 9.65. The molecule has 8 nitrogen and oxygen atoms in total. The second-order valence-corrected chi connectivity index (χ2v) is 1.15. The normalized spacial score (nSPS) is 6.77. The van der Waals surface area contributed by atoms with E-state index in [9.17, 15) is 0 Å². The second-order valence-electron chi connectivity index (χ2n) is 1.15. The molecule has 0 aliphatic carbocycles. The summed E-state index contributed by atoms with van der Waals surface area (Å²) in [5.41, 5.74) is 0. The molecular weight excluding hydrogens is 383 g/mol. The van der Waals surface area contributed by atoms with Crippen molar-refractivity contribution in [3.63, 3.8) is 0 Å². The van der Waals surface area contributed by atoms with E-state index in [-0.39, 0.29) is 27.3 Å². The maximum absolute atomic E-state index is 8.93. The Labute approximate surface area is 90.9 Å². The van der Waals surface area contributed by atoms with Gasteiger partial charge in [0.1, 0.15) is 0 Å². The van der Waals surface area contributed by atoms with Crippen molar-refractivity contribution in [1.29, 1.82) is 0 Å². The second kappa shape index (κ2) is 8.89. The molecule has 0 aromatic rings. The van der Waals surface area contributed by atoms with Crippen LogP contribution in [0.2, 0.25) is 0 Å². The van der Waals surface area contributed by atoms with Crippen molar-refractivity contribution in [2.24, 2.45) is 0 Å². The largest absolute Gasteiger partial charge is 0.543 e. The standard InChI is InChI=1S/2C2H2O4.Pb/c2*3-1(4)2(5)6;/h2*(H,3,4)(H,5,6);/p-4. The number of hydrogen-bond donors (Lipinski definition) is 0. The fraction of sp³-hybridized carbons (Fsp3) is 0. The third-order valence-corrected chi connectivity index (χ3v) is 0.333. The van der Waals surface area contributed by atoms with Crippen LogP contribution < -0.4 is 20.4 Å². The molecule has 0 N–H and O–H groups in total. The summed E-state index contributed by atoms with van der Waals surface area (Å²) in [5.74, 6) is -8.74. The molecule has 0 atom stereocenters. The van der Waals surface area contributed by atoms with E-state index in [0.29, 0.717) is 0 Å². The molecule has 0 fully saturated rings. The number of carbonyl (C=O) groups excluding carboxylic acids is 4. The Hall–Kier alpha value is -1.20. The minimum Gasteiger partial charge on any atom is -0.543 e. The molecule has 0 rings (SSSR count). The molecule has 0 aliphatic heterocycles. The van der Waals surface area contributed by atoms with Gasteiger partial charge in [-0.3, -0.25) is 0 Å². The van der Waals surface area contributed by atoms with Crippen molar-refractivity contribution >= 4 is 51.2 Å². The third kappa shape index (κ3) is 18.1. The van der Waals surface area contributed by atoms with Crippen LogP contribution in [0.5, 0.6) is 0 Å². The molecule has 0 amide bonds. The Morgan fingerprint density at radius 2 is 0.615 bits per heavy atom. The van der Waals surface area contributed by atoms with Gasteiger partial charge in [-0.1, -0.05) is 0 Å². The number of carboxylic acid groups (broad SMARTS) is 4. The van der Waals surface area contributed by atoms with Crippen molar-refractivity contribution in [3.8, 4) is 0 Å². The van der Waals surface area contributed by atoms with Crippen LogP contribution >= 0.6 is 0 Å².